The van der Waals surface area contributed by atoms with Gasteiger partial charge in [0.15, 0.2) is 0 Å². The Morgan fingerprint density at radius 1 is 1.06 bits per heavy atom. The molecule has 0 aliphatic heterocycles. The van der Waals surface area contributed by atoms with Crippen LogP contribution in [0.2, 0.25) is 5.02 Å². The predicted molar refractivity (Wildman–Crippen MR) is 135 cm³/mol. The minimum absolute atomic E-state index is 0.0996. The van der Waals surface area contributed by atoms with Crippen LogP contribution in [0.4, 0.5) is 0 Å². The molecule has 1 atom stereocenters. The summed E-state index contributed by atoms with van der Waals surface area (Å²) in [5, 5.41) is 3.46. The average Bonchev–Trinajstić information content (AvgIpc) is 2.76. The van der Waals surface area contributed by atoms with E-state index in [1.165, 1.54) is 16.3 Å². The van der Waals surface area contributed by atoms with E-state index in [0.717, 1.165) is 5.56 Å². The number of nitrogens with one attached hydrogen (secondary N) is 1. The van der Waals surface area contributed by atoms with Gasteiger partial charge in [0, 0.05) is 37.1 Å². The van der Waals surface area contributed by atoms with Crippen molar-refractivity contribution in [1.82, 2.24) is 14.5 Å². The fourth-order valence-electron chi connectivity index (χ4n) is 3.38. The van der Waals surface area contributed by atoms with Gasteiger partial charge < -0.3 is 10.2 Å². The van der Waals surface area contributed by atoms with Crippen LogP contribution >= 0.6 is 11.6 Å². The number of nitrogens with zero attached hydrogens (tertiary/aromatic N) is 2. The summed E-state index contributed by atoms with van der Waals surface area (Å²) in [5.41, 5.74) is 0.366. The highest BCUT2D eigenvalue weighted by molar-refractivity contribution is 7.89. The standard InChI is InChI=1S/C25H34ClN3O4S/c1-19(24(31)27-25(2,3)4)29(18-20-11-9-12-21(26)17-20)23(30)15-10-16-28(5)34(32,33)22-13-7-6-8-14-22/h6-9,11-14,17,19H,10,15-16,18H2,1-5H3,(H,27,31)/t19-/m1/s1. The van der Waals surface area contributed by atoms with Crippen molar-refractivity contribution >= 4 is 33.4 Å². The van der Waals surface area contributed by atoms with Gasteiger partial charge in [0.05, 0.1) is 4.90 Å². The highest BCUT2D eigenvalue weighted by Crippen LogP contribution is 2.18. The maximum Gasteiger partial charge on any atom is 0.242 e. The largest absolute Gasteiger partial charge is 0.350 e. The number of carbonyl (C=O) groups is 2. The van der Waals surface area contributed by atoms with Crippen molar-refractivity contribution in [1.29, 1.82) is 0 Å². The van der Waals surface area contributed by atoms with Crippen molar-refractivity contribution < 1.29 is 18.0 Å². The topological polar surface area (TPSA) is 86.8 Å². The summed E-state index contributed by atoms with van der Waals surface area (Å²) in [6, 6.07) is 14.6. The van der Waals surface area contributed by atoms with Crippen molar-refractivity contribution in [2.45, 2.75) is 63.6 Å². The molecule has 1 N–H and O–H groups in total. The van der Waals surface area contributed by atoms with Crippen LogP contribution in [0.15, 0.2) is 59.5 Å². The first kappa shape index (κ1) is 27.8. The highest BCUT2D eigenvalue weighted by atomic mass is 35.5. The number of hydrogen-bond donors (Lipinski definition) is 1. The first-order valence-corrected chi connectivity index (χ1v) is 13.0. The maximum absolute atomic E-state index is 13.2. The number of hydrogen-bond acceptors (Lipinski definition) is 4. The van der Waals surface area contributed by atoms with Gasteiger partial charge in [-0.2, -0.15) is 0 Å². The van der Waals surface area contributed by atoms with Crippen LogP contribution in [0, 0.1) is 0 Å². The number of sulfonamides is 1. The van der Waals surface area contributed by atoms with Crippen LogP contribution in [-0.2, 0) is 26.2 Å². The molecule has 2 rings (SSSR count). The molecule has 2 amide bonds. The third-order valence-electron chi connectivity index (χ3n) is 5.22. The zero-order chi connectivity index (χ0) is 25.5. The van der Waals surface area contributed by atoms with Crippen molar-refractivity contribution in [2.75, 3.05) is 13.6 Å². The first-order chi connectivity index (χ1) is 15.8. The minimum atomic E-state index is -3.63. The Kier molecular flexibility index (Phi) is 9.67. The average molecular weight is 508 g/mol. The molecule has 0 fully saturated rings. The van der Waals surface area contributed by atoms with E-state index in [0.29, 0.717) is 11.4 Å². The molecule has 186 valence electrons. The van der Waals surface area contributed by atoms with Gasteiger partial charge in [0.25, 0.3) is 0 Å². The number of amides is 2. The third kappa shape index (κ3) is 8.11. The van der Waals surface area contributed by atoms with Gasteiger partial charge in [-0.1, -0.05) is 41.9 Å². The van der Waals surface area contributed by atoms with Crippen LogP contribution in [-0.4, -0.2) is 54.6 Å². The number of benzene rings is 2. The molecule has 34 heavy (non-hydrogen) atoms. The molecular weight excluding hydrogens is 474 g/mol. The van der Waals surface area contributed by atoms with Gasteiger partial charge in [0.1, 0.15) is 6.04 Å². The lowest BCUT2D eigenvalue weighted by atomic mass is 10.1. The molecule has 0 heterocycles. The highest BCUT2D eigenvalue weighted by Gasteiger charge is 2.28. The van der Waals surface area contributed by atoms with Crippen LogP contribution in [0.5, 0.6) is 0 Å². The second-order valence-corrected chi connectivity index (χ2v) is 11.8. The predicted octanol–water partition coefficient (Wildman–Crippen LogP) is 4.07. The van der Waals surface area contributed by atoms with Crippen LogP contribution in [0.3, 0.4) is 0 Å². The molecule has 2 aromatic carbocycles. The lowest BCUT2D eigenvalue weighted by molar-refractivity contribution is -0.141. The normalized spacial score (nSPS) is 12.9. The van der Waals surface area contributed by atoms with Gasteiger partial charge in [0.2, 0.25) is 21.8 Å². The van der Waals surface area contributed by atoms with Crippen LogP contribution < -0.4 is 5.32 Å². The molecule has 0 unspecified atom stereocenters. The Balaban J connectivity index is 2.10. The quantitative estimate of drug-likeness (QED) is 0.525. The molecule has 7 nitrogen and oxygen atoms in total. The number of halogens is 1. The van der Waals surface area contributed by atoms with E-state index in [1.807, 2.05) is 26.8 Å². The summed E-state index contributed by atoms with van der Waals surface area (Å²) in [6.07, 6.45) is 0.420. The fourth-order valence-corrected chi connectivity index (χ4v) is 4.82. The Morgan fingerprint density at radius 3 is 2.29 bits per heavy atom. The Morgan fingerprint density at radius 2 is 1.71 bits per heavy atom. The van der Waals surface area contributed by atoms with Crippen LogP contribution in [0.25, 0.3) is 0 Å². The van der Waals surface area contributed by atoms with Crippen molar-refractivity contribution in [3.8, 4) is 0 Å². The smallest absolute Gasteiger partial charge is 0.242 e. The van der Waals surface area contributed by atoms with E-state index < -0.39 is 21.6 Å². The number of rotatable bonds is 10. The lowest BCUT2D eigenvalue weighted by Gasteiger charge is -2.31. The SMILES string of the molecule is C[C@H](C(=O)NC(C)(C)C)N(Cc1cccc(Cl)c1)C(=O)CCCN(C)S(=O)(=O)c1ccccc1. The zero-order valence-electron chi connectivity index (χ0n) is 20.4. The summed E-state index contributed by atoms with van der Waals surface area (Å²) in [6.45, 7) is 7.72. The van der Waals surface area contributed by atoms with E-state index >= 15 is 0 Å². The van der Waals surface area contributed by atoms with Crippen molar-refractivity contribution in [3.63, 3.8) is 0 Å². The van der Waals surface area contributed by atoms with Crippen molar-refractivity contribution in [3.05, 3.63) is 65.2 Å². The molecule has 0 saturated carbocycles. The van der Waals surface area contributed by atoms with E-state index in [4.69, 9.17) is 11.6 Å². The van der Waals surface area contributed by atoms with Gasteiger partial charge >= 0.3 is 0 Å². The molecule has 0 saturated heterocycles. The minimum Gasteiger partial charge on any atom is -0.350 e. The second-order valence-electron chi connectivity index (χ2n) is 9.31. The Bertz CT molecular complexity index is 1080. The molecule has 0 radical (unpaired) electrons. The third-order valence-corrected chi connectivity index (χ3v) is 7.33. The maximum atomic E-state index is 13.2. The van der Waals surface area contributed by atoms with E-state index in [-0.39, 0.29) is 36.2 Å². The van der Waals surface area contributed by atoms with Gasteiger partial charge in [-0.05, 0) is 63.9 Å². The molecular formula is C25H34ClN3O4S. The first-order valence-electron chi connectivity index (χ1n) is 11.2. The van der Waals surface area contributed by atoms with E-state index in [9.17, 15) is 18.0 Å². The molecule has 0 spiro atoms. The molecule has 9 heteroatoms. The Hall–Kier alpha value is -2.42. The molecule has 0 aromatic heterocycles. The number of carbonyl (C=O) groups excluding carboxylic acids is 2. The van der Waals surface area contributed by atoms with Gasteiger partial charge in [-0.25, -0.2) is 12.7 Å². The summed E-state index contributed by atoms with van der Waals surface area (Å²) in [4.78, 5) is 27.7. The molecule has 2 aromatic rings. The fraction of sp³-hybridized carbons (Fsp3) is 0.440. The van der Waals surface area contributed by atoms with Gasteiger partial charge in [-0.3, -0.25) is 9.59 Å². The molecule has 0 aliphatic carbocycles. The van der Waals surface area contributed by atoms with E-state index in [2.05, 4.69) is 5.32 Å². The summed E-state index contributed by atoms with van der Waals surface area (Å²) in [5.74, 6) is -0.492. The van der Waals surface area contributed by atoms with Crippen LogP contribution in [0.1, 0.15) is 46.1 Å². The van der Waals surface area contributed by atoms with Gasteiger partial charge in [-0.15, -0.1) is 0 Å². The summed E-state index contributed by atoms with van der Waals surface area (Å²) < 4.78 is 26.7. The Labute approximate surface area is 208 Å². The van der Waals surface area contributed by atoms with Crippen molar-refractivity contribution in [2.24, 2.45) is 0 Å². The van der Waals surface area contributed by atoms with E-state index in [1.54, 1.807) is 55.5 Å². The zero-order valence-corrected chi connectivity index (χ0v) is 22.0. The molecule has 0 bridgehead atoms. The monoisotopic (exact) mass is 507 g/mol. The summed E-state index contributed by atoms with van der Waals surface area (Å²) in [7, 11) is -2.13. The second kappa shape index (κ2) is 11.8. The molecule has 0 aliphatic rings. The lowest BCUT2D eigenvalue weighted by Crippen LogP contribution is -2.52. The summed E-state index contributed by atoms with van der Waals surface area (Å²) >= 11 is 6.10.